The van der Waals surface area contributed by atoms with Crippen molar-refractivity contribution in [2.75, 3.05) is 33.9 Å². The molecule has 0 radical (unpaired) electrons. The van der Waals surface area contributed by atoms with E-state index >= 15 is 0 Å². The van der Waals surface area contributed by atoms with Crippen molar-refractivity contribution in [1.82, 2.24) is 20.0 Å². The van der Waals surface area contributed by atoms with E-state index in [2.05, 4.69) is 20.3 Å². The van der Waals surface area contributed by atoms with E-state index in [0.29, 0.717) is 12.5 Å². The molecule has 0 bridgehead atoms. The molecule has 2 heterocycles. The third-order valence-corrected chi connectivity index (χ3v) is 4.29. The monoisotopic (exact) mass is 455 g/mol. The first kappa shape index (κ1) is 19.7. The van der Waals surface area contributed by atoms with E-state index in [0.717, 1.165) is 43.5 Å². The number of guanidine groups is 1. The first-order chi connectivity index (χ1) is 11.8. The van der Waals surface area contributed by atoms with Gasteiger partial charge in [0.05, 0.1) is 24.5 Å². The van der Waals surface area contributed by atoms with Crippen LogP contribution in [0.4, 0.5) is 0 Å². The van der Waals surface area contributed by atoms with Crippen molar-refractivity contribution in [1.29, 1.82) is 0 Å². The van der Waals surface area contributed by atoms with Crippen molar-refractivity contribution in [3.63, 3.8) is 0 Å². The fraction of sp³-hybridized carbons (Fsp3) is 0.444. The van der Waals surface area contributed by atoms with E-state index in [1.165, 1.54) is 0 Å². The van der Waals surface area contributed by atoms with Gasteiger partial charge in [-0.25, -0.2) is 4.68 Å². The molecule has 1 N–H and O–H groups in total. The Hall–Kier alpha value is -1.61. The van der Waals surface area contributed by atoms with Crippen molar-refractivity contribution >= 4 is 29.9 Å². The number of hydrogen-bond donors (Lipinski definition) is 1. The molecule has 1 aromatic carbocycles. The summed E-state index contributed by atoms with van der Waals surface area (Å²) in [6.07, 6.45) is 3.14. The summed E-state index contributed by atoms with van der Waals surface area (Å²) < 4.78 is 7.15. The molecule has 0 amide bonds. The number of aromatic nitrogens is 2. The minimum atomic E-state index is 0. The summed E-state index contributed by atoms with van der Waals surface area (Å²) in [4.78, 5) is 6.69. The van der Waals surface area contributed by atoms with Crippen molar-refractivity contribution in [3.8, 4) is 5.69 Å². The highest BCUT2D eigenvalue weighted by atomic mass is 127. The van der Waals surface area contributed by atoms with Crippen molar-refractivity contribution < 1.29 is 4.74 Å². The summed E-state index contributed by atoms with van der Waals surface area (Å²) >= 11 is 0. The number of nitrogens with one attached hydrogen (secondary N) is 1. The minimum absolute atomic E-state index is 0. The predicted molar refractivity (Wildman–Crippen MR) is 111 cm³/mol. The third-order valence-electron chi connectivity index (χ3n) is 4.29. The molecule has 136 valence electrons. The van der Waals surface area contributed by atoms with Crippen LogP contribution in [0.3, 0.4) is 0 Å². The fourth-order valence-electron chi connectivity index (χ4n) is 3.08. The Morgan fingerprint density at radius 2 is 2.12 bits per heavy atom. The lowest BCUT2D eigenvalue weighted by atomic mass is 10.1. The average molecular weight is 455 g/mol. The molecule has 1 aliphatic heterocycles. The van der Waals surface area contributed by atoms with Crippen LogP contribution in [-0.2, 0) is 11.3 Å². The van der Waals surface area contributed by atoms with Crippen LogP contribution >= 0.6 is 24.0 Å². The van der Waals surface area contributed by atoms with Gasteiger partial charge in [0.25, 0.3) is 0 Å². The Morgan fingerprint density at radius 3 is 2.84 bits per heavy atom. The van der Waals surface area contributed by atoms with E-state index in [1.807, 2.05) is 54.3 Å². The van der Waals surface area contributed by atoms with Gasteiger partial charge in [0.15, 0.2) is 5.96 Å². The highest BCUT2D eigenvalue weighted by Gasteiger charge is 2.24. The van der Waals surface area contributed by atoms with Gasteiger partial charge < -0.3 is 15.0 Å². The molecule has 1 aromatic heterocycles. The molecule has 6 nitrogen and oxygen atoms in total. The second-order valence-corrected chi connectivity index (χ2v) is 6.04. The molecule has 1 fully saturated rings. The van der Waals surface area contributed by atoms with Crippen molar-refractivity contribution in [2.45, 2.75) is 13.0 Å². The molecule has 3 rings (SSSR count). The summed E-state index contributed by atoms with van der Waals surface area (Å²) in [6, 6.07) is 12.2. The Kier molecular flexibility index (Phi) is 7.70. The maximum Gasteiger partial charge on any atom is 0.193 e. The lowest BCUT2D eigenvalue weighted by Crippen LogP contribution is -2.39. The first-order valence-corrected chi connectivity index (χ1v) is 8.34. The van der Waals surface area contributed by atoms with Crippen LogP contribution in [0, 0.1) is 5.92 Å². The van der Waals surface area contributed by atoms with E-state index in [9.17, 15) is 0 Å². The molecule has 0 aliphatic carbocycles. The first-order valence-electron chi connectivity index (χ1n) is 8.34. The fourth-order valence-corrected chi connectivity index (χ4v) is 3.08. The molecule has 2 aromatic rings. The third kappa shape index (κ3) is 5.18. The van der Waals surface area contributed by atoms with Crippen molar-refractivity contribution in [3.05, 3.63) is 48.3 Å². The number of para-hydroxylation sites is 1. The number of methoxy groups -OCH3 is 1. The van der Waals surface area contributed by atoms with Crippen LogP contribution in [0.15, 0.2) is 47.6 Å². The summed E-state index contributed by atoms with van der Waals surface area (Å²) in [5, 5.41) is 8.03. The Labute approximate surface area is 166 Å². The van der Waals surface area contributed by atoms with Crippen molar-refractivity contribution in [2.24, 2.45) is 10.9 Å². The highest BCUT2D eigenvalue weighted by molar-refractivity contribution is 14.0. The van der Waals surface area contributed by atoms with Crippen LogP contribution in [0.25, 0.3) is 5.69 Å². The molecule has 1 saturated heterocycles. The standard InChI is InChI=1S/C18H25N5O.HI/c1-19-18(22-10-8-15(13-22)14-24-2)20-12-16-9-11-23(21-16)17-6-4-3-5-7-17;/h3-7,9,11,15H,8,10,12-14H2,1-2H3,(H,19,20);1H. The number of halogens is 1. The van der Waals surface area contributed by atoms with E-state index in [-0.39, 0.29) is 24.0 Å². The van der Waals surface area contributed by atoms with Gasteiger partial charge in [-0.1, -0.05) is 18.2 Å². The number of rotatable bonds is 5. The number of hydrogen-bond acceptors (Lipinski definition) is 3. The number of aliphatic imine (C=N–C) groups is 1. The Balaban J connectivity index is 0.00000225. The second kappa shape index (κ2) is 9.76. The van der Waals surface area contributed by atoms with E-state index < -0.39 is 0 Å². The van der Waals surface area contributed by atoms with E-state index in [1.54, 1.807) is 7.11 Å². The van der Waals surface area contributed by atoms with Gasteiger partial charge in [-0.15, -0.1) is 24.0 Å². The maximum absolute atomic E-state index is 5.26. The van der Waals surface area contributed by atoms with Gasteiger partial charge in [0.2, 0.25) is 0 Å². The van der Waals surface area contributed by atoms with Gasteiger partial charge in [0, 0.05) is 39.4 Å². The molecule has 1 aliphatic rings. The van der Waals surface area contributed by atoms with Gasteiger partial charge in [-0.05, 0) is 24.6 Å². The zero-order chi connectivity index (χ0) is 16.8. The van der Waals surface area contributed by atoms with Gasteiger partial charge in [-0.2, -0.15) is 5.10 Å². The summed E-state index contributed by atoms with van der Waals surface area (Å²) in [5.41, 5.74) is 2.06. The molecule has 1 unspecified atom stereocenters. The molecule has 0 spiro atoms. The average Bonchev–Trinajstić information content (AvgIpc) is 3.27. The van der Waals surface area contributed by atoms with Gasteiger partial charge in [0.1, 0.15) is 0 Å². The Bertz CT molecular complexity index is 673. The number of nitrogens with zero attached hydrogens (tertiary/aromatic N) is 4. The molecule has 25 heavy (non-hydrogen) atoms. The van der Waals surface area contributed by atoms with Crippen LogP contribution in [0.5, 0.6) is 0 Å². The van der Waals surface area contributed by atoms with Crippen LogP contribution < -0.4 is 5.32 Å². The Morgan fingerprint density at radius 1 is 1.32 bits per heavy atom. The molecule has 1 atom stereocenters. The summed E-state index contributed by atoms with van der Waals surface area (Å²) in [6.45, 7) is 3.49. The highest BCUT2D eigenvalue weighted by Crippen LogP contribution is 2.16. The SMILES string of the molecule is CN=C(NCc1ccn(-c2ccccc2)n1)N1CCC(COC)C1.I. The zero-order valence-electron chi connectivity index (χ0n) is 14.8. The van der Waals surface area contributed by atoms with Gasteiger partial charge >= 0.3 is 0 Å². The smallest absolute Gasteiger partial charge is 0.193 e. The summed E-state index contributed by atoms with van der Waals surface area (Å²) in [5.74, 6) is 1.52. The normalized spacial score (nSPS) is 17.4. The summed E-state index contributed by atoms with van der Waals surface area (Å²) in [7, 11) is 3.59. The lowest BCUT2D eigenvalue weighted by molar-refractivity contribution is 0.157. The second-order valence-electron chi connectivity index (χ2n) is 6.04. The largest absolute Gasteiger partial charge is 0.384 e. The van der Waals surface area contributed by atoms with Crippen LogP contribution in [0.2, 0.25) is 0 Å². The molecular formula is C18H26IN5O. The molecule has 7 heteroatoms. The number of likely N-dealkylation sites (tertiary alicyclic amines) is 1. The van der Waals surface area contributed by atoms with Crippen LogP contribution in [0.1, 0.15) is 12.1 Å². The lowest BCUT2D eigenvalue weighted by Gasteiger charge is -2.21. The minimum Gasteiger partial charge on any atom is -0.384 e. The maximum atomic E-state index is 5.26. The van der Waals surface area contributed by atoms with Gasteiger partial charge in [-0.3, -0.25) is 4.99 Å². The predicted octanol–water partition coefficient (Wildman–Crippen LogP) is 2.53. The van der Waals surface area contributed by atoms with Crippen LogP contribution in [-0.4, -0.2) is 54.5 Å². The zero-order valence-corrected chi connectivity index (χ0v) is 17.1. The van der Waals surface area contributed by atoms with E-state index in [4.69, 9.17) is 4.74 Å². The number of benzene rings is 1. The number of ether oxygens (including phenoxy) is 1. The quantitative estimate of drug-likeness (QED) is 0.428. The molecular weight excluding hydrogens is 429 g/mol. The topological polar surface area (TPSA) is 54.7 Å². The molecule has 0 saturated carbocycles.